The fourth-order valence-corrected chi connectivity index (χ4v) is 2.82. The van der Waals surface area contributed by atoms with Gasteiger partial charge in [0.2, 0.25) is 0 Å². The summed E-state index contributed by atoms with van der Waals surface area (Å²) in [5.74, 6) is 0. The fraction of sp³-hybridized carbons (Fsp3) is 0.421. The Morgan fingerprint density at radius 2 is 2.04 bits per heavy atom. The first-order chi connectivity index (χ1) is 11.0. The minimum Gasteiger partial charge on any atom is -0.275 e. The number of allylic oxidation sites excluding steroid dienone is 1. The monoisotopic (exact) mass is 318 g/mol. The van der Waals surface area contributed by atoms with E-state index in [4.69, 9.17) is 0 Å². The first kappa shape index (κ1) is 17.4. The molecule has 0 bridgehead atoms. The topological polar surface area (TPSA) is 17.8 Å². The van der Waals surface area contributed by atoms with Gasteiger partial charge in [0, 0.05) is 24.4 Å². The number of halogens is 2. The van der Waals surface area contributed by atoms with Gasteiger partial charge in [-0.3, -0.25) is 4.68 Å². The third-order valence-electron chi connectivity index (χ3n) is 4.11. The fourth-order valence-electron chi connectivity index (χ4n) is 2.82. The molecule has 0 radical (unpaired) electrons. The maximum absolute atomic E-state index is 13.4. The smallest absolute Gasteiger partial charge is 0.264 e. The van der Waals surface area contributed by atoms with E-state index in [0.717, 1.165) is 48.8 Å². The molecule has 0 aliphatic rings. The number of benzene rings is 1. The van der Waals surface area contributed by atoms with Crippen LogP contribution in [0.15, 0.2) is 37.2 Å². The summed E-state index contributed by atoms with van der Waals surface area (Å²) >= 11 is 0. The molecule has 0 aliphatic carbocycles. The predicted octanol–water partition coefficient (Wildman–Crippen LogP) is 5.62. The molecule has 23 heavy (non-hydrogen) atoms. The first-order valence-corrected chi connectivity index (χ1v) is 8.04. The van der Waals surface area contributed by atoms with Gasteiger partial charge in [0.25, 0.3) is 6.43 Å². The normalized spacial score (nSPS) is 11.2. The highest BCUT2D eigenvalue weighted by Crippen LogP contribution is 2.33. The van der Waals surface area contributed by atoms with Crippen LogP contribution in [0.5, 0.6) is 0 Å². The molecule has 0 saturated carbocycles. The summed E-state index contributed by atoms with van der Waals surface area (Å²) in [6, 6.07) is 3.55. The second kappa shape index (κ2) is 8.04. The number of nitrogens with zero attached hydrogens (tertiary/aromatic N) is 2. The predicted molar refractivity (Wildman–Crippen MR) is 90.7 cm³/mol. The summed E-state index contributed by atoms with van der Waals surface area (Å²) in [6.45, 7) is 5.64. The minimum atomic E-state index is -2.48. The Morgan fingerprint density at radius 3 is 2.65 bits per heavy atom. The zero-order valence-electron chi connectivity index (χ0n) is 13.9. The van der Waals surface area contributed by atoms with Crippen LogP contribution in [0.25, 0.3) is 11.1 Å². The summed E-state index contributed by atoms with van der Waals surface area (Å²) in [4.78, 5) is 0. The molecule has 1 aromatic carbocycles. The Morgan fingerprint density at radius 1 is 1.26 bits per heavy atom. The number of aromatic nitrogens is 2. The van der Waals surface area contributed by atoms with Crippen LogP contribution >= 0.6 is 0 Å². The average Bonchev–Trinajstić information content (AvgIpc) is 2.94. The molecule has 0 atom stereocenters. The molecule has 2 nitrogen and oxygen atoms in total. The van der Waals surface area contributed by atoms with Gasteiger partial charge in [0.05, 0.1) is 6.20 Å². The van der Waals surface area contributed by atoms with Crippen LogP contribution < -0.4 is 0 Å². The summed E-state index contributed by atoms with van der Waals surface area (Å²) in [5.41, 5.74) is 3.52. The van der Waals surface area contributed by atoms with E-state index >= 15 is 0 Å². The van der Waals surface area contributed by atoms with Crippen molar-refractivity contribution >= 4 is 0 Å². The number of aryl methyl sites for hydroxylation is 3. The Kier molecular flexibility index (Phi) is 6.08. The van der Waals surface area contributed by atoms with Crippen molar-refractivity contribution in [2.24, 2.45) is 7.05 Å². The Hall–Kier alpha value is -1.97. The number of alkyl halides is 2. The van der Waals surface area contributed by atoms with Gasteiger partial charge in [0.1, 0.15) is 0 Å². The molecule has 0 unspecified atom stereocenters. The molecular formula is C19H24F2N2. The SMILES string of the molecule is C=CCCCCCc1cc(-c2cnn(C)c2)c(C(F)F)cc1C. The molecule has 0 N–H and O–H groups in total. The summed E-state index contributed by atoms with van der Waals surface area (Å²) in [6.07, 6.45) is 8.15. The molecule has 0 aliphatic heterocycles. The van der Waals surface area contributed by atoms with E-state index in [1.54, 1.807) is 30.2 Å². The van der Waals surface area contributed by atoms with Gasteiger partial charge in [-0.05, 0) is 55.4 Å². The van der Waals surface area contributed by atoms with Crippen LogP contribution in [0.4, 0.5) is 8.78 Å². The minimum absolute atomic E-state index is 0.0888. The Bertz CT molecular complexity index is 659. The third-order valence-corrected chi connectivity index (χ3v) is 4.11. The third kappa shape index (κ3) is 4.50. The van der Waals surface area contributed by atoms with Gasteiger partial charge in [-0.15, -0.1) is 6.58 Å². The lowest BCUT2D eigenvalue weighted by molar-refractivity contribution is 0.152. The van der Waals surface area contributed by atoms with Gasteiger partial charge in [-0.2, -0.15) is 5.10 Å². The van der Waals surface area contributed by atoms with Gasteiger partial charge in [-0.1, -0.05) is 18.6 Å². The van der Waals surface area contributed by atoms with Gasteiger partial charge < -0.3 is 0 Å². The molecule has 2 aromatic rings. The van der Waals surface area contributed by atoms with E-state index in [9.17, 15) is 8.78 Å². The quantitative estimate of drug-likeness (QED) is 0.456. The molecule has 4 heteroatoms. The molecule has 2 rings (SSSR count). The second-order valence-electron chi connectivity index (χ2n) is 5.96. The highest BCUT2D eigenvalue weighted by molar-refractivity contribution is 5.68. The van der Waals surface area contributed by atoms with E-state index in [1.165, 1.54) is 0 Å². The van der Waals surface area contributed by atoms with Crippen molar-refractivity contribution in [3.63, 3.8) is 0 Å². The molecule has 124 valence electrons. The molecule has 0 saturated heterocycles. The van der Waals surface area contributed by atoms with Gasteiger partial charge >= 0.3 is 0 Å². The Balaban J connectivity index is 2.25. The molecule has 0 amide bonds. The van der Waals surface area contributed by atoms with Crippen LogP contribution in [0.2, 0.25) is 0 Å². The second-order valence-corrected chi connectivity index (χ2v) is 5.96. The van der Waals surface area contributed by atoms with Crippen LogP contribution in [0.3, 0.4) is 0 Å². The van der Waals surface area contributed by atoms with E-state index < -0.39 is 6.43 Å². The van der Waals surface area contributed by atoms with Crippen molar-refractivity contribution in [2.75, 3.05) is 0 Å². The van der Waals surface area contributed by atoms with Crippen molar-refractivity contribution in [3.8, 4) is 11.1 Å². The summed E-state index contributed by atoms with van der Waals surface area (Å²) < 4.78 is 28.4. The Labute approximate surface area is 136 Å². The maximum atomic E-state index is 13.4. The van der Waals surface area contributed by atoms with Crippen LogP contribution in [-0.4, -0.2) is 9.78 Å². The number of unbranched alkanes of at least 4 members (excludes halogenated alkanes) is 3. The van der Waals surface area contributed by atoms with E-state index in [-0.39, 0.29) is 5.56 Å². The van der Waals surface area contributed by atoms with E-state index in [0.29, 0.717) is 5.56 Å². The lowest BCUT2D eigenvalue weighted by Crippen LogP contribution is -1.97. The molecule has 1 aromatic heterocycles. The van der Waals surface area contributed by atoms with Crippen molar-refractivity contribution in [1.82, 2.24) is 9.78 Å². The van der Waals surface area contributed by atoms with Crippen molar-refractivity contribution in [3.05, 3.63) is 53.9 Å². The van der Waals surface area contributed by atoms with Gasteiger partial charge in [0.15, 0.2) is 0 Å². The molecular weight excluding hydrogens is 294 g/mol. The molecule has 0 fully saturated rings. The standard InChI is InChI=1S/C19H24F2N2/c1-4-5-6-7-8-9-15-11-17(16-12-22-23(3)13-16)18(19(20)21)10-14(15)2/h4,10-13,19H,1,5-9H2,2-3H3. The highest BCUT2D eigenvalue weighted by Gasteiger charge is 2.17. The van der Waals surface area contributed by atoms with Crippen molar-refractivity contribution in [1.29, 1.82) is 0 Å². The lowest BCUT2D eigenvalue weighted by Gasteiger charge is -2.13. The lowest BCUT2D eigenvalue weighted by atomic mass is 9.93. The maximum Gasteiger partial charge on any atom is 0.264 e. The van der Waals surface area contributed by atoms with Gasteiger partial charge in [-0.25, -0.2) is 8.78 Å². The summed E-state index contributed by atoms with van der Waals surface area (Å²) in [7, 11) is 1.79. The van der Waals surface area contributed by atoms with Crippen molar-refractivity contribution in [2.45, 2.75) is 45.5 Å². The zero-order chi connectivity index (χ0) is 16.8. The zero-order valence-corrected chi connectivity index (χ0v) is 13.9. The van der Waals surface area contributed by atoms with Crippen molar-refractivity contribution < 1.29 is 8.78 Å². The summed E-state index contributed by atoms with van der Waals surface area (Å²) in [5, 5.41) is 4.10. The highest BCUT2D eigenvalue weighted by atomic mass is 19.3. The van der Waals surface area contributed by atoms with Crippen LogP contribution in [0, 0.1) is 6.92 Å². The molecule has 1 heterocycles. The molecule has 0 spiro atoms. The van der Waals surface area contributed by atoms with E-state index in [2.05, 4.69) is 11.7 Å². The average molecular weight is 318 g/mol. The number of hydrogen-bond donors (Lipinski definition) is 0. The number of hydrogen-bond acceptors (Lipinski definition) is 1. The largest absolute Gasteiger partial charge is 0.275 e. The van der Waals surface area contributed by atoms with Crippen LogP contribution in [-0.2, 0) is 13.5 Å². The van der Waals surface area contributed by atoms with Crippen LogP contribution in [0.1, 0.15) is 48.8 Å². The van der Waals surface area contributed by atoms with E-state index in [1.807, 2.05) is 19.1 Å². The first-order valence-electron chi connectivity index (χ1n) is 8.04. The number of rotatable bonds is 8.